The fourth-order valence-corrected chi connectivity index (χ4v) is 3.53. The Labute approximate surface area is 156 Å². The molecule has 2 aliphatic heterocycles. The van der Waals surface area contributed by atoms with Gasteiger partial charge in [0.25, 0.3) is 0 Å². The minimum absolute atomic E-state index is 0.0410. The van der Waals surface area contributed by atoms with Crippen molar-refractivity contribution in [1.82, 2.24) is 15.1 Å². The van der Waals surface area contributed by atoms with E-state index in [9.17, 15) is 4.79 Å². The first-order chi connectivity index (χ1) is 12.7. The van der Waals surface area contributed by atoms with E-state index < -0.39 is 0 Å². The lowest BCUT2D eigenvalue weighted by Crippen LogP contribution is -2.49. The summed E-state index contributed by atoms with van der Waals surface area (Å²) in [5.41, 5.74) is 1.01. The van der Waals surface area contributed by atoms with Crippen LogP contribution in [0.25, 0.3) is 0 Å². The Morgan fingerprint density at radius 3 is 2.73 bits per heavy atom. The lowest BCUT2D eigenvalue weighted by Gasteiger charge is -2.33. The molecule has 0 aromatic heterocycles. The minimum atomic E-state index is -0.252. The van der Waals surface area contributed by atoms with Gasteiger partial charge in [0, 0.05) is 13.1 Å². The molecule has 1 aromatic rings. The van der Waals surface area contributed by atoms with E-state index in [2.05, 4.69) is 17.3 Å². The molecule has 6 nitrogen and oxygen atoms in total. The number of ether oxygens (including phenoxy) is 2. The molecule has 1 atom stereocenters. The lowest BCUT2D eigenvalue weighted by molar-refractivity contribution is -0.0274. The topological polar surface area (TPSA) is 54.0 Å². The molecule has 1 amide bonds. The van der Waals surface area contributed by atoms with Gasteiger partial charge < -0.3 is 24.6 Å². The molecule has 1 unspecified atom stereocenters. The standard InChI is InChI=1S/C20H31N3O3/c1-22-9-7-17(8-10-22)13-21-14-19-15-23(11-12-25-19)20(24)26-16-18-5-3-2-4-6-18/h2-6,17,19,21H,7-16H2,1H3. The Hall–Kier alpha value is -1.63. The third kappa shape index (κ3) is 5.97. The molecule has 2 saturated heterocycles. The van der Waals surface area contributed by atoms with Crippen molar-refractivity contribution in [2.45, 2.75) is 25.6 Å². The first-order valence-corrected chi connectivity index (χ1v) is 9.67. The zero-order chi connectivity index (χ0) is 18.2. The SMILES string of the molecule is CN1CCC(CNCC2CN(C(=O)OCc3ccccc3)CCO2)CC1. The summed E-state index contributed by atoms with van der Waals surface area (Å²) in [7, 11) is 2.19. The fraction of sp³-hybridized carbons (Fsp3) is 0.650. The number of hydrogen-bond donors (Lipinski definition) is 1. The first-order valence-electron chi connectivity index (χ1n) is 9.67. The van der Waals surface area contributed by atoms with E-state index in [-0.39, 0.29) is 12.2 Å². The van der Waals surface area contributed by atoms with E-state index in [4.69, 9.17) is 9.47 Å². The van der Waals surface area contributed by atoms with Crippen LogP contribution in [0.15, 0.2) is 30.3 Å². The molecule has 0 aliphatic carbocycles. The van der Waals surface area contributed by atoms with Crippen LogP contribution < -0.4 is 5.32 Å². The highest BCUT2D eigenvalue weighted by Gasteiger charge is 2.25. The van der Waals surface area contributed by atoms with Crippen molar-refractivity contribution in [3.8, 4) is 0 Å². The number of hydrogen-bond acceptors (Lipinski definition) is 5. The molecule has 0 radical (unpaired) electrons. The van der Waals surface area contributed by atoms with Crippen LogP contribution in [0.2, 0.25) is 0 Å². The van der Waals surface area contributed by atoms with Gasteiger partial charge >= 0.3 is 6.09 Å². The third-order valence-corrected chi connectivity index (χ3v) is 5.25. The van der Waals surface area contributed by atoms with Crippen LogP contribution in [0.1, 0.15) is 18.4 Å². The quantitative estimate of drug-likeness (QED) is 0.839. The molecule has 26 heavy (non-hydrogen) atoms. The summed E-state index contributed by atoms with van der Waals surface area (Å²) in [6, 6.07) is 9.77. The van der Waals surface area contributed by atoms with Crippen molar-refractivity contribution < 1.29 is 14.3 Å². The van der Waals surface area contributed by atoms with Crippen molar-refractivity contribution in [2.24, 2.45) is 5.92 Å². The molecule has 0 bridgehead atoms. The summed E-state index contributed by atoms with van der Waals surface area (Å²) in [6.45, 7) is 6.27. The van der Waals surface area contributed by atoms with Gasteiger partial charge in [0.2, 0.25) is 0 Å². The molecule has 2 heterocycles. The van der Waals surface area contributed by atoms with E-state index in [1.54, 1.807) is 4.90 Å². The second-order valence-electron chi connectivity index (χ2n) is 7.38. The highest BCUT2D eigenvalue weighted by atomic mass is 16.6. The average Bonchev–Trinajstić information content (AvgIpc) is 2.69. The summed E-state index contributed by atoms with van der Waals surface area (Å²) in [5, 5.41) is 3.53. The predicted molar refractivity (Wildman–Crippen MR) is 101 cm³/mol. The van der Waals surface area contributed by atoms with Gasteiger partial charge in [-0.05, 0) is 51.0 Å². The van der Waals surface area contributed by atoms with Crippen molar-refractivity contribution in [2.75, 3.05) is 52.9 Å². The maximum Gasteiger partial charge on any atom is 0.410 e. The van der Waals surface area contributed by atoms with Crippen LogP contribution in [0.3, 0.4) is 0 Å². The lowest BCUT2D eigenvalue weighted by atomic mass is 9.97. The molecule has 6 heteroatoms. The van der Waals surface area contributed by atoms with Gasteiger partial charge in [-0.3, -0.25) is 0 Å². The van der Waals surface area contributed by atoms with Crippen LogP contribution in [0.4, 0.5) is 4.79 Å². The number of carbonyl (C=O) groups is 1. The Morgan fingerprint density at radius 2 is 1.96 bits per heavy atom. The van der Waals surface area contributed by atoms with Crippen LogP contribution in [-0.4, -0.2) is 74.9 Å². The molecular formula is C20H31N3O3. The van der Waals surface area contributed by atoms with Crippen molar-refractivity contribution in [1.29, 1.82) is 0 Å². The highest BCUT2D eigenvalue weighted by molar-refractivity contribution is 5.67. The largest absolute Gasteiger partial charge is 0.445 e. The summed E-state index contributed by atoms with van der Waals surface area (Å²) >= 11 is 0. The van der Waals surface area contributed by atoms with Crippen molar-refractivity contribution in [3.05, 3.63) is 35.9 Å². The van der Waals surface area contributed by atoms with Gasteiger partial charge in [-0.1, -0.05) is 30.3 Å². The molecule has 3 rings (SSSR count). The normalized spacial score (nSPS) is 22.3. The first kappa shape index (κ1) is 19.1. The van der Waals surface area contributed by atoms with E-state index in [1.165, 1.54) is 25.9 Å². The molecule has 0 saturated carbocycles. The van der Waals surface area contributed by atoms with Gasteiger partial charge in [-0.25, -0.2) is 4.79 Å². The second kappa shape index (κ2) is 9.90. The summed E-state index contributed by atoms with van der Waals surface area (Å²) in [5.74, 6) is 0.752. The molecule has 144 valence electrons. The maximum atomic E-state index is 12.3. The maximum absolute atomic E-state index is 12.3. The fourth-order valence-electron chi connectivity index (χ4n) is 3.53. The van der Waals surface area contributed by atoms with Crippen LogP contribution >= 0.6 is 0 Å². The van der Waals surface area contributed by atoms with Gasteiger partial charge in [0.1, 0.15) is 6.61 Å². The number of amides is 1. The van der Waals surface area contributed by atoms with Crippen molar-refractivity contribution >= 4 is 6.09 Å². The number of nitrogens with zero attached hydrogens (tertiary/aromatic N) is 2. The number of nitrogens with one attached hydrogen (secondary N) is 1. The highest BCUT2D eigenvalue weighted by Crippen LogP contribution is 2.15. The zero-order valence-corrected chi connectivity index (χ0v) is 15.7. The van der Waals surface area contributed by atoms with E-state index in [0.29, 0.717) is 26.3 Å². The molecule has 1 N–H and O–H groups in total. The van der Waals surface area contributed by atoms with Gasteiger partial charge in [-0.15, -0.1) is 0 Å². The summed E-state index contributed by atoms with van der Waals surface area (Å²) < 4.78 is 11.2. The van der Waals surface area contributed by atoms with E-state index >= 15 is 0 Å². The smallest absolute Gasteiger partial charge is 0.410 e. The van der Waals surface area contributed by atoms with Crippen LogP contribution in [0.5, 0.6) is 0 Å². The Morgan fingerprint density at radius 1 is 1.19 bits per heavy atom. The van der Waals surface area contributed by atoms with Crippen LogP contribution in [-0.2, 0) is 16.1 Å². The molecule has 1 aromatic carbocycles. The van der Waals surface area contributed by atoms with E-state index in [1.807, 2.05) is 30.3 Å². The Balaban J connectivity index is 1.34. The molecule has 0 spiro atoms. The number of likely N-dealkylation sites (tertiary alicyclic amines) is 1. The van der Waals surface area contributed by atoms with Gasteiger partial charge in [-0.2, -0.15) is 0 Å². The van der Waals surface area contributed by atoms with Gasteiger partial charge in [0.05, 0.1) is 19.3 Å². The number of morpholine rings is 1. The number of carbonyl (C=O) groups excluding carboxylic acids is 1. The number of piperidine rings is 1. The van der Waals surface area contributed by atoms with Crippen LogP contribution in [0, 0.1) is 5.92 Å². The Kier molecular flexibility index (Phi) is 7.29. The Bertz CT molecular complexity index is 546. The predicted octanol–water partition coefficient (Wildman–Crippen LogP) is 1.96. The average molecular weight is 361 g/mol. The molecule has 2 aliphatic rings. The monoisotopic (exact) mass is 361 g/mol. The number of benzene rings is 1. The molecular weight excluding hydrogens is 330 g/mol. The molecule has 2 fully saturated rings. The number of rotatable bonds is 6. The summed E-state index contributed by atoms with van der Waals surface area (Å²) in [4.78, 5) is 16.4. The zero-order valence-electron chi connectivity index (χ0n) is 15.7. The van der Waals surface area contributed by atoms with E-state index in [0.717, 1.165) is 24.6 Å². The minimum Gasteiger partial charge on any atom is -0.445 e. The van der Waals surface area contributed by atoms with Crippen molar-refractivity contribution in [3.63, 3.8) is 0 Å². The second-order valence-corrected chi connectivity index (χ2v) is 7.38. The third-order valence-electron chi connectivity index (χ3n) is 5.25. The van der Waals surface area contributed by atoms with Gasteiger partial charge in [0.15, 0.2) is 0 Å². The summed E-state index contributed by atoms with van der Waals surface area (Å²) in [6.07, 6.45) is 2.30.